The molecule has 0 N–H and O–H groups in total. The molecule has 2 heterocycles. The topological polar surface area (TPSA) is 97.9 Å². The van der Waals surface area contributed by atoms with Crippen LogP contribution in [0, 0.1) is 10.1 Å². The van der Waals surface area contributed by atoms with Crippen LogP contribution in [-0.2, 0) is 21.8 Å². The minimum atomic E-state index is -1.44. The molecule has 4 rings (SSSR count). The summed E-state index contributed by atoms with van der Waals surface area (Å²) in [5.74, 6) is -1.05. The van der Waals surface area contributed by atoms with Gasteiger partial charge in [-0.2, -0.15) is 0 Å². The van der Waals surface area contributed by atoms with E-state index in [0.29, 0.717) is 16.3 Å². The maximum absolute atomic E-state index is 10.8. The van der Waals surface area contributed by atoms with E-state index < -0.39 is 17.0 Å². The second-order valence-electron chi connectivity index (χ2n) is 7.09. The van der Waals surface area contributed by atoms with Crippen LogP contribution >= 0.6 is 58.0 Å². The Bertz CT molecular complexity index is 1200. The zero-order valence-electron chi connectivity index (χ0n) is 16.9. The van der Waals surface area contributed by atoms with Gasteiger partial charge in [-0.3, -0.25) is 0 Å². The molecule has 1 fully saturated rings. The van der Waals surface area contributed by atoms with Gasteiger partial charge in [0, 0.05) is 35.1 Å². The van der Waals surface area contributed by atoms with Crippen molar-refractivity contribution in [1.82, 2.24) is 9.55 Å². The van der Waals surface area contributed by atoms with E-state index in [-0.39, 0.29) is 45.9 Å². The number of aromatic nitrogens is 2. The third-order valence-corrected chi connectivity index (χ3v) is 6.55. The summed E-state index contributed by atoms with van der Waals surface area (Å²) in [5, 5.41) is 11.3. The number of hydrogen-bond acceptors (Lipinski definition) is 7. The first-order valence-corrected chi connectivity index (χ1v) is 11.4. The van der Waals surface area contributed by atoms with E-state index in [1.807, 2.05) is 0 Å². The second-order valence-corrected chi connectivity index (χ2v) is 9.13. The van der Waals surface area contributed by atoms with Crippen LogP contribution in [0.1, 0.15) is 5.56 Å². The van der Waals surface area contributed by atoms with Gasteiger partial charge in [0.25, 0.3) is 6.01 Å². The first-order chi connectivity index (χ1) is 16.2. The van der Waals surface area contributed by atoms with E-state index >= 15 is 0 Å². The molecular formula is C20H14Cl5N3O6. The summed E-state index contributed by atoms with van der Waals surface area (Å²) >= 11 is 30.6. The van der Waals surface area contributed by atoms with E-state index in [1.54, 1.807) is 12.1 Å². The van der Waals surface area contributed by atoms with Crippen LogP contribution in [0.5, 0.6) is 11.8 Å². The molecule has 34 heavy (non-hydrogen) atoms. The Balaban J connectivity index is 1.59. The number of halogens is 5. The van der Waals surface area contributed by atoms with Gasteiger partial charge in [-0.1, -0.05) is 64.1 Å². The minimum Gasteiger partial charge on any atom is -0.491 e. The van der Waals surface area contributed by atoms with Gasteiger partial charge < -0.3 is 18.8 Å². The van der Waals surface area contributed by atoms with Gasteiger partial charge in [-0.05, 0) is 12.1 Å². The second kappa shape index (κ2) is 10.3. The fourth-order valence-electron chi connectivity index (χ4n) is 3.36. The van der Waals surface area contributed by atoms with Crippen molar-refractivity contribution in [2.24, 2.45) is 0 Å². The van der Waals surface area contributed by atoms with Crippen molar-refractivity contribution in [3.63, 3.8) is 0 Å². The summed E-state index contributed by atoms with van der Waals surface area (Å²) in [6.07, 6.45) is 2.28. The number of benzene rings is 2. The van der Waals surface area contributed by atoms with Crippen molar-refractivity contribution < 1.29 is 24.1 Å². The Hall–Kier alpha value is -1.98. The highest BCUT2D eigenvalue weighted by Gasteiger charge is 2.46. The number of ether oxygens (including phenoxy) is 3. The lowest BCUT2D eigenvalue weighted by Crippen LogP contribution is -2.35. The molecule has 1 aromatic heterocycles. The Morgan fingerprint density at radius 1 is 1.15 bits per heavy atom. The predicted molar refractivity (Wildman–Crippen MR) is 126 cm³/mol. The van der Waals surface area contributed by atoms with Crippen molar-refractivity contribution in [2.45, 2.75) is 18.4 Å². The van der Waals surface area contributed by atoms with Crippen LogP contribution in [0.3, 0.4) is 0 Å². The zero-order chi connectivity index (χ0) is 24.5. The Kier molecular flexibility index (Phi) is 7.63. The monoisotopic (exact) mass is 567 g/mol. The van der Waals surface area contributed by atoms with Crippen molar-refractivity contribution in [1.29, 1.82) is 0 Å². The molecular weight excluding hydrogens is 556 g/mol. The quantitative estimate of drug-likeness (QED) is 0.185. The molecule has 3 aromatic rings. The lowest BCUT2D eigenvalue weighted by molar-refractivity contribution is -0.713. The lowest BCUT2D eigenvalue weighted by atomic mass is 10.1. The summed E-state index contributed by atoms with van der Waals surface area (Å²) in [6.45, 7) is 0.129. The average Bonchev–Trinajstić information content (AvgIpc) is 3.37. The van der Waals surface area contributed by atoms with Gasteiger partial charge in [-0.15, -0.1) is 10.1 Å². The largest absolute Gasteiger partial charge is 0.491 e. The van der Waals surface area contributed by atoms with E-state index in [1.165, 1.54) is 35.2 Å². The zero-order valence-corrected chi connectivity index (χ0v) is 20.7. The summed E-state index contributed by atoms with van der Waals surface area (Å²) in [4.78, 5) is 19.2. The van der Waals surface area contributed by atoms with Crippen molar-refractivity contribution in [2.75, 3.05) is 13.2 Å². The number of nitrogens with zero attached hydrogens (tertiary/aromatic N) is 3. The van der Waals surface area contributed by atoms with Crippen LogP contribution < -0.4 is 9.57 Å². The molecule has 180 valence electrons. The maximum atomic E-state index is 10.8. The number of imidazole rings is 1. The highest BCUT2D eigenvalue weighted by Crippen LogP contribution is 2.41. The standard InChI is InChI=1S/C20H14Cl5N3O6/c21-11-1-2-14(15(22)5-11)20(10-27-4-3-26-19(27)34-28(29)30)32-9-13(33-20)8-31-12-6-16(23)18(25)17(24)7-12/h1-7,13H,8-10H2. The number of rotatable bonds is 8. The smallest absolute Gasteiger partial charge is 0.302 e. The van der Waals surface area contributed by atoms with E-state index in [2.05, 4.69) is 9.82 Å². The van der Waals surface area contributed by atoms with Crippen molar-refractivity contribution in [3.05, 3.63) is 83.5 Å². The Morgan fingerprint density at radius 2 is 1.88 bits per heavy atom. The van der Waals surface area contributed by atoms with Crippen LogP contribution in [0.15, 0.2) is 42.7 Å². The molecule has 14 heteroatoms. The molecule has 1 aliphatic heterocycles. The van der Waals surface area contributed by atoms with Crippen LogP contribution in [0.2, 0.25) is 25.1 Å². The third kappa shape index (κ3) is 5.46. The van der Waals surface area contributed by atoms with Crippen molar-refractivity contribution >= 4 is 58.0 Å². The number of hydrogen-bond donors (Lipinski definition) is 0. The van der Waals surface area contributed by atoms with Crippen molar-refractivity contribution in [3.8, 4) is 11.8 Å². The Labute approximate surface area is 218 Å². The molecule has 2 unspecified atom stereocenters. The first kappa shape index (κ1) is 25.1. The van der Waals surface area contributed by atoms with Crippen LogP contribution in [-0.4, -0.2) is 34.0 Å². The van der Waals surface area contributed by atoms with Gasteiger partial charge in [0.2, 0.25) is 5.79 Å². The highest BCUT2D eigenvalue weighted by molar-refractivity contribution is 6.48. The van der Waals surface area contributed by atoms with Gasteiger partial charge in [0.05, 0.1) is 33.2 Å². The van der Waals surface area contributed by atoms with Crippen LogP contribution in [0.4, 0.5) is 0 Å². The maximum Gasteiger partial charge on any atom is 0.302 e. The SMILES string of the molecule is O=[N+]([O-])Oc1nccn1CC1(c2ccc(Cl)cc2Cl)OCC(COc2cc(Cl)c(Cl)c(Cl)c2)O1. The molecule has 1 saturated heterocycles. The molecule has 0 radical (unpaired) electrons. The van der Waals surface area contributed by atoms with Gasteiger partial charge in [0.15, 0.2) is 0 Å². The molecule has 2 aromatic carbocycles. The predicted octanol–water partition coefficient (Wildman–Crippen LogP) is 6.07. The minimum absolute atomic E-state index is 0.0629. The molecule has 9 nitrogen and oxygen atoms in total. The van der Waals surface area contributed by atoms with Gasteiger partial charge >= 0.3 is 5.09 Å². The van der Waals surface area contributed by atoms with Crippen LogP contribution in [0.25, 0.3) is 0 Å². The van der Waals surface area contributed by atoms with E-state index in [9.17, 15) is 10.1 Å². The highest BCUT2D eigenvalue weighted by atomic mass is 35.5. The third-order valence-electron chi connectivity index (χ3n) is 4.81. The molecule has 0 saturated carbocycles. The summed E-state index contributed by atoms with van der Waals surface area (Å²) in [6, 6.07) is 7.62. The first-order valence-electron chi connectivity index (χ1n) is 9.55. The normalized spacial score (nSPS) is 19.9. The average molecular weight is 570 g/mol. The molecule has 2 atom stereocenters. The fourth-order valence-corrected chi connectivity index (χ4v) is 4.49. The van der Waals surface area contributed by atoms with Gasteiger partial charge in [0.1, 0.15) is 18.5 Å². The lowest BCUT2D eigenvalue weighted by Gasteiger charge is -2.30. The Morgan fingerprint density at radius 3 is 2.56 bits per heavy atom. The molecule has 0 spiro atoms. The van der Waals surface area contributed by atoms with E-state index in [0.717, 1.165) is 0 Å². The molecule has 0 aliphatic carbocycles. The fraction of sp³-hybridized carbons (Fsp3) is 0.250. The van der Waals surface area contributed by atoms with Gasteiger partial charge in [-0.25, -0.2) is 9.82 Å². The molecule has 0 bridgehead atoms. The van der Waals surface area contributed by atoms with E-state index in [4.69, 9.17) is 72.2 Å². The summed E-state index contributed by atoms with van der Waals surface area (Å²) in [5.41, 5.74) is 0.458. The summed E-state index contributed by atoms with van der Waals surface area (Å²) in [7, 11) is 0. The summed E-state index contributed by atoms with van der Waals surface area (Å²) < 4.78 is 19.5. The molecule has 0 amide bonds. The molecule has 1 aliphatic rings.